The Balaban J connectivity index is 1.76. The molecular formula is C16H25NO3. The number of rotatable bonds is 8. The van der Waals surface area contributed by atoms with Crippen LogP contribution in [0.2, 0.25) is 0 Å². The molecule has 0 fully saturated rings. The molecule has 0 saturated heterocycles. The van der Waals surface area contributed by atoms with E-state index in [1.54, 1.807) is 7.11 Å². The molecule has 0 saturated carbocycles. The molecule has 0 unspecified atom stereocenters. The molecule has 1 N–H and O–H groups in total. The Kier molecular flexibility index (Phi) is 5.26. The van der Waals surface area contributed by atoms with Gasteiger partial charge in [0.05, 0.1) is 0 Å². The van der Waals surface area contributed by atoms with Crippen molar-refractivity contribution < 1.29 is 14.2 Å². The Morgan fingerprint density at radius 3 is 2.90 bits per heavy atom. The zero-order chi connectivity index (χ0) is 14.4. The topological polar surface area (TPSA) is 39.7 Å². The zero-order valence-electron chi connectivity index (χ0n) is 12.7. The number of para-hydroxylation sites is 1. The summed E-state index contributed by atoms with van der Waals surface area (Å²) in [7, 11) is 1.72. The van der Waals surface area contributed by atoms with E-state index >= 15 is 0 Å². The van der Waals surface area contributed by atoms with Gasteiger partial charge in [0.1, 0.15) is 12.2 Å². The van der Waals surface area contributed by atoms with Crippen molar-refractivity contribution in [3.63, 3.8) is 0 Å². The summed E-state index contributed by atoms with van der Waals surface area (Å²) in [6, 6.07) is 6.12. The van der Waals surface area contributed by atoms with Gasteiger partial charge in [0.2, 0.25) is 0 Å². The first-order valence-corrected chi connectivity index (χ1v) is 7.26. The maximum Gasteiger partial charge on any atom is 0.165 e. The van der Waals surface area contributed by atoms with Gasteiger partial charge >= 0.3 is 0 Å². The fourth-order valence-electron chi connectivity index (χ4n) is 2.40. The van der Waals surface area contributed by atoms with Crippen molar-refractivity contribution in [2.24, 2.45) is 0 Å². The van der Waals surface area contributed by atoms with Gasteiger partial charge in [0.25, 0.3) is 0 Å². The summed E-state index contributed by atoms with van der Waals surface area (Å²) in [5.74, 6) is 1.77. The first-order chi connectivity index (χ1) is 9.62. The Labute approximate surface area is 121 Å². The number of ether oxygens (including phenoxy) is 3. The first-order valence-electron chi connectivity index (χ1n) is 7.26. The Morgan fingerprint density at radius 2 is 2.10 bits per heavy atom. The molecule has 0 bridgehead atoms. The molecule has 1 aliphatic rings. The van der Waals surface area contributed by atoms with Crippen molar-refractivity contribution in [1.82, 2.24) is 5.32 Å². The van der Waals surface area contributed by atoms with E-state index < -0.39 is 0 Å². The summed E-state index contributed by atoms with van der Waals surface area (Å²) in [5, 5.41) is 3.33. The summed E-state index contributed by atoms with van der Waals surface area (Å²) in [6.45, 7) is 7.43. The second-order valence-corrected chi connectivity index (χ2v) is 5.73. The lowest BCUT2D eigenvalue weighted by Crippen LogP contribution is -2.25. The molecule has 0 amide bonds. The van der Waals surface area contributed by atoms with E-state index in [0.29, 0.717) is 6.61 Å². The van der Waals surface area contributed by atoms with Gasteiger partial charge in [-0.25, -0.2) is 0 Å². The Morgan fingerprint density at radius 1 is 1.25 bits per heavy atom. The van der Waals surface area contributed by atoms with Crippen LogP contribution in [-0.4, -0.2) is 39.0 Å². The van der Waals surface area contributed by atoms with Crippen LogP contribution in [0.1, 0.15) is 25.8 Å². The maximum absolute atomic E-state index is 5.97. The predicted octanol–water partition coefficient (Wildman–Crippen LogP) is 2.41. The molecule has 2 rings (SSSR count). The van der Waals surface area contributed by atoms with Crippen LogP contribution in [0, 0.1) is 0 Å². The molecule has 1 aromatic carbocycles. The minimum absolute atomic E-state index is 0.125. The van der Waals surface area contributed by atoms with Crippen LogP contribution in [0.15, 0.2) is 18.2 Å². The zero-order valence-corrected chi connectivity index (χ0v) is 12.7. The van der Waals surface area contributed by atoms with Crippen LogP contribution in [0.5, 0.6) is 11.5 Å². The molecular weight excluding hydrogens is 254 g/mol. The fraction of sp³-hybridized carbons (Fsp3) is 0.625. The number of nitrogens with one attached hydrogen (secondary N) is 1. The van der Waals surface area contributed by atoms with Crippen molar-refractivity contribution in [2.75, 3.05) is 33.4 Å². The molecule has 0 atom stereocenters. The average molecular weight is 279 g/mol. The van der Waals surface area contributed by atoms with E-state index in [9.17, 15) is 0 Å². The molecule has 0 aromatic heterocycles. The van der Waals surface area contributed by atoms with E-state index in [2.05, 4.69) is 25.2 Å². The van der Waals surface area contributed by atoms with E-state index in [4.69, 9.17) is 14.2 Å². The fourth-order valence-corrected chi connectivity index (χ4v) is 2.40. The number of fused-ring (bicyclic) bond motifs is 1. The highest BCUT2D eigenvalue weighted by atomic mass is 16.5. The molecule has 1 aliphatic heterocycles. The summed E-state index contributed by atoms with van der Waals surface area (Å²) < 4.78 is 16.8. The monoisotopic (exact) mass is 279 g/mol. The van der Waals surface area contributed by atoms with Crippen LogP contribution in [0.3, 0.4) is 0 Å². The third kappa shape index (κ3) is 4.12. The number of hydrogen-bond donors (Lipinski definition) is 1. The van der Waals surface area contributed by atoms with Gasteiger partial charge in [0.15, 0.2) is 11.5 Å². The number of methoxy groups -OCH3 is 1. The summed E-state index contributed by atoms with van der Waals surface area (Å²) >= 11 is 0. The van der Waals surface area contributed by atoms with E-state index in [0.717, 1.165) is 44.0 Å². The lowest BCUT2D eigenvalue weighted by Gasteiger charge is -2.18. The Bertz CT molecular complexity index is 432. The summed E-state index contributed by atoms with van der Waals surface area (Å²) in [4.78, 5) is 0. The minimum atomic E-state index is -0.125. The van der Waals surface area contributed by atoms with Crippen LogP contribution in [-0.2, 0) is 11.2 Å². The molecule has 0 aliphatic carbocycles. The molecule has 0 spiro atoms. The standard InChI is InChI=1S/C16H25NO3/c1-16(2)12-13-6-4-7-14(15(13)20-16)19-11-9-17-8-5-10-18-3/h4,6-7,17H,5,8-12H2,1-3H3. The van der Waals surface area contributed by atoms with Gasteiger partial charge in [0, 0.05) is 32.2 Å². The van der Waals surface area contributed by atoms with Crippen LogP contribution in [0.25, 0.3) is 0 Å². The molecule has 4 nitrogen and oxygen atoms in total. The lowest BCUT2D eigenvalue weighted by atomic mass is 10.0. The SMILES string of the molecule is COCCCNCCOc1cccc2c1OC(C)(C)C2. The van der Waals surface area contributed by atoms with Gasteiger partial charge in [-0.05, 0) is 32.9 Å². The van der Waals surface area contributed by atoms with Gasteiger partial charge in [-0.15, -0.1) is 0 Å². The summed E-state index contributed by atoms with van der Waals surface area (Å²) in [6.07, 6.45) is 1.96. The normalized spacial score (nSPS) is 15.8. The second kappa shape index (κ2) is 6.95. The van der Waals surface area contributed by atoms with Crippen molar-refractivity contribution >= 4 is 0 Å². The molecule has 112 valence electrons. The highest BCUT2D eigenvalue weighted by molar-refractivity contribution is 5.50. The third-order valence-corrected chi connectivity index (χ3v) is 3.29. The smallest absolute Gasteiger partial charge is 0.165 e. The van der Waals surface area contributed by atoms with E-state index in [1.807, 2.05) is 12.1 Å². The van der Waals surface area contributed by atoms with Crippen LogP contribution >= 0.6 is 0 Å². The third-order valence-electron chi connectivity index (χ3n) is 3.29. The maximum atomic E-state index is 5.97. The molecule has 1 aromatic rings. The number of benzene rings is 1. The van der Waals surface area contributed by atoms with Gasteiger partial charge in [-0.2, -0.15) is 0 Å². The molecule has 20 heavy (non-hydrogen) atoms. The van der Waals surface area contributed by atoms with E-state index in [1.165, 1.54) is 5.56 Å². The number of hydrogen-bond acceptors (Lipinski definition) is 4. The van der Waals surface area contributed by atoms with Crippen molar-refractivity contribution in [1.29, 1.82) is 0 Å². The Hall–Kier alpha value is -1.26. The van der Waals surface area contributed by atoms with Crippen molar-refractivity contribution in [2.45, 2.75) is 32.3 Å². The van der Waals surface area contributed by atoms with E-state index in [-0.39, 0.29) is 5.60 Å². The van der Waals surface area contributed by atoms with Crippen molar-refractivity contribution in [3.8, 4) is 11.5 Å². The molecule has 1 heterocycles. The second-order valence-electron chi connectivity index (χ2n) is 5.73. The average Bonchev–Trinajstić information content (AvgIpc) is 2.72. The molecule has 4 heteroatoms. The predicted molar refractivity (Wildman–Crippen MR) is 79.7 cm³/mol. The summed E-state index contributed by atoms with van der Waals surface area (Å²) in [5.41, 5.74) is 1.11. The lowest BCUT2D eigenvalue weighted by molar-refractivity contribution is 0.132. The van der Waals surface area contributed by atoms with Crippen LogP contribution in [0.4, 0.5) is 0 Å². The van der Waals surface area contributed by atoms with Crippen LogP contribution < -0.4 is 14.8 Å². The van der Waals surface area contributed by atoms with Gasteiger partial charge in [-0.1, -0.05) is 12.1 Å². The van der Waals surface area contributed by atoms with Gasteiger partial charge in [-0.3, -0.25) is 0 Å². The van der Waals surface area contributed by atoms with Gasteiger partial charge < -0.3 is 19.5 Å². The minimum Gasteiger partial charge on any atom is -0.488 e. The highest BCUT2D eigenvalue weighted by Crippen LogP contribution is 2.41. The first kappa shape index (κ1) is 15.1. The largest absolute Gasteiger partial charge is 0.488 e. The quantitative estimate of drug-likeness (QED) is 0.742. The molecule has 0 radical (unpaired) electrons. The highest BCUT2D eigenvalue weighted by Gasteiger charge is 2.32. The van der Waals surface area contributed by atoms with Crippen molar-refractivity contribution in [3.05, 3.63) is 23.8 Å².